The lowest BCUT2D eigenvalue weighted by atomic mass is 10.2. The molecule has 0 saturated carbocycles. The van der Waals surface area contributed by atoms with E-state index >= 15 is 0 Å². The average molecular weight is 312 g/mol. The predicted octanol–water partition coefficient (Wildman–Crippen LogP) is 0.495. The molecule has 1 aromatic carbocycles. The molecule has 0 bridgehead atoms. The smallest absolute Gasteiger partial charge is 0.244 e. The summed E-state index contributed by atoms with van der Waals surface area (Å²) in [5.74, 6) is -0.317. The normalized spacial score (nSPS) is 12.0. The molecule has 3 N–H and O–H groups in total. The van der Waals surface area contributed by atoms with Gasteiger partial charge in [0.05, 0.1) is 11.5 Å². The number of benzene rings is 1. The van der Waals surface area contributed by atoms with Crippen LogP contribution in [0.15, 0.2) is 35.2 Å². The minimum Gasteiger partial charge on any atom is -0.395 e. The summed E-state index contributed by atoms with van der Waals surface area (Å²) in [4.78, 5) is 11.5. The molecule has 0 aliphatic rings. The fraction of sp³-hybridized carbons (Fsp3) is 0.357. The molecule has 1 aromatic rings. The van der Waals surface area contributed by atoms with Gasteiger partial charge in [-0.15, -0.1) is 0 Å². The first-order valence-electron chi connectivity index (χ1n) is 6.54. The van der Waals surface area contributed by atoms with Crippen molar-refractivity contribution in [1.29, 1.82) is 0 Å². The van der Waals surface area contributed by atoms with Crippen LogP contribution in [0.2, 0.25) is 0 Å². The largest absolute Gasteiger partial charge is 0.395 e. The van der Waals surface area contributed by atoms with Crippen molar-refractivity contribution in [2.75, 3.05) is 13.2 Å². The quantitative estimate of drug-likeness (QED) is 0.639. The van der Waals surface area contributed by atoms with Crippen LogP contribution in [-0.4, -0.2) is 38.6 Å². The summed E-state index contributed by atoms with van der Waals surface area (Å²) in [7, 11) is -3.50. The molecule has 0 unspecified atom stereocenters. The van der Waals surface area contributed by atoms with Crippen LogP contribution in [0.5, 0.6) is 0 Å². The molecule has 21 heavy (non-hydrogen) atoms. The minimum absolute atomic E-state index is 0.116. The Morgan fingerprint density at radius 2 is 1.90 bits per heavy atom. The number of sulfonamides is 1. The summed E-state index contributed by atoms with van der Waals surface area (Å²) >= 11 is 0. The van der Waals surface area contributed by atoms with E-state index in [2.05, 4.69) is 10.0 Å². The first-order valence-corrected chi connectivity index (χ1v) is 8.02. The van der Waals surface area contributed by atoms with Gasteiger partial charge in [-0.05, 0) is 37.6 Å². The van der Waals surface area contributed by atoms with Crippen molar-refractivity contribution >= 4 is 22.0 Å². The molecule has 116 valence electrons. The van der Waals surface area contributed by atoms with E-state index in [9.17, 15) is 13.2 Å². The molecule has 0 saturated heterocycles. The number of aliphatic hydroxyl groups is 1. The van der Waals surface area contributed by atoms with Crippen molar-refractivity contribution in [3.8, 4) is 0 Å². The highest BCUT2D eigenvalue weighted by Gasteiger charge is 2.14. The Hall–Kier alpha value is -1.70. The van der Waals surface area contributed by atoms with E-state index in [-0.39, 0.29) is 30.0 Å². The van der Waals surface area contributed by atoms with Crippen molar-refractivity contribution in [2.45, 2.75) is 24.8 Å². The second kappa shape index (κ2) is 7.92. The van der Waals surface area contributed by atoms with Crippen molar-refractivity contribution in [1.82, 2.24) is 10.0 Å². The average Bonchev–Trinajstić information content (AvgIpc) is 2.42. The lowest BCUT2D eigenvalue weighted by Gasteiger charge is -2.09. The number of hydrogen-bond donors (Lipinski definition) is 3. The van der Waals surface area contributed by atoms with Gasteiger partial charge in [0.25, 0.3) is 0 Å². The fourth-order valence-corrected chi connectivity index (χ4v) is 2.80. The summed E-state index contributed by atoms with van der Waals surface area (Å²) in [6.07, 6.45) is 2.89. The standard InChI is InChI=1S/C14H20N2O4S/c1-11(2)16-21(19,20)13-6-3-12(4-7-13)5-8-14(18)15-9-10-17/h3-8,11,16-17H,9-10H2,1-2H3,(H,15,18)/b8-5+. The fourth-order valence-electron chi connectivity index (χ4n) is 1.55. The molecule has 7 heteroatoms. The van der Waals surface area contributed by atoms with E-state index < -0.39 is 10.0 Å². The molecule has 0 fully saturated rings. The molecule has 1 amide bonds. The molecular weight excluding hydrogens is 292 g/mol. The summed E-state index contributed by atoms with van der Waals surface area (Å²) < 4.78 is 26.3. The maximum Gasteiger partial charge on any atom is 0.244 e. The van der Waals surface area contributed by atoms with Gasteiger partial charge in [0.15, 0.2) is 0 Å². The van der Waals surface area contributed by atoms with Gasteiger partial charge >= 0.3 is 0 Å². The number of nitrogens with one attached hydrogen (secondary N) is 2. The Morgan fingerprint density at radius 3 is 2.43 bits per heavy atom. The second-order valence-corrected chi connectivity index (χ2v) is 6.41. The van der Waals surface area contributed by atoms with E-state index in [0.29, 0.717) is 5.56 Å². The van der Waals surface area contributed by atoms with Gasteiger partial charge in [-0.25, -0.2) is 13.1 Å². The van der Waals surface area contributed by atoms with Crippen LogP contribution in [-0.2, 0) is 14.8 Å². The van der Waals surface area contributed by atoms with Gasteiger partial charge in [0.1, 0.15) is 0 Å². The molecular formula is C14H20N2O4S. The van der Waals surface area contributed by atoms with Gasteiger partial charge in [-0.3, -0.25) is 4.79 Å². The lowest BCUT2D eigenvalue weighted by Crippen LogP contribution is -2.30. The molecule has 1 rings (SSSR count). The zero-order valence-corrected chi connectivity index (χ0v) is 12.9. The van der Waals surface area contributed by atoms with Crippen LogP contribution in [0, 0.1) is 0 Å². The Kier molecular flexibility index (Phi) is 6.54. The molecule has 0 atom stereocenters. The maximum absolute atomic E-state index is 11.9. The van der Waals surface area contributed by atoms with Gasteiger partial charge in [-0.1, -0.05) is 12.1 Å². The molecule has 6 nitrogen and oxygen atoms in total. The van der Waals surface area contributed by atoms with E-state index in [1.807, 2.05) is 0 Å². The monoisotopic (exact) mass is 312 g/mol. The highest BCUT2D eigenvalue weighted by atomic mass is 32.2. The molecule has 0 aliphatic heterocycles. The van der Waals surface area contributed by atoms with Crippen molar-refractivity contribution in [2.24, 2.45) is 0 Å². The minimum atomic E-state index is -3.50. The first kappa shape index (κ1) is 17.4. The third-order valence-electron chi connectivity index (χ3n) is 2.42. The zero-order valence-electron chi connectivity index (χ0n) is 12.0. The summed E-state index contributed by atoms with van der Waals surface area (Å²) in [5, 5.41) is 11.0. The van der Waals surface area contributed by atoms with Crippen molar-refractivity contribution < 1.29 is 18.3 Å². The first-order chi connectivity index (χ1) is 9.85. The summed E-state index contributed by atoms with van der Waals surface area (Å²) in [6, 6.07) is 6.02. The summed E-state index contributed by atoms with van der Waals surface area (Å²) in [5.41, 5.74) is 0.706. The van der Waals surface area contributed by atoms with Crippen LogP contribution in [0.4, 0.5) is 0 Å². The highest BCUT2D eigenvalue weighted by molar-refractivity contribution is 7.89. The second-order valence-electron chi connectivity index (χ2n) is 4.69. The van der Waals surface area contributed by atoms with Gasteiger partial charge in [-0.2, -0.15) is 0 Å². The van der Waals surface area contributed by atoms with E-state index in [1.165, 1.54) is 18.2 Å². The lowest BCUT2D eigenvalue weighted by molar-refractivity contribution is -0.116. The SMILES string of the molecule is CC(C)NS(=O)(=O)c1ccc(/C=C/C(=O)NCCO)cc1. The Morgan fingerprint density at radius 1 is 1.29 bits per heavy atom. The van der Waals surface area contributed by atoms with Crippen LogP contribution < -0.4 is 10.0 Å². The molecule has 0 spiro atoms. The number of carbonyl (C=O) groups excluding carboxylic acids is 1. The van der Waals surface area contributed by atoms with Crippen molar-refractivity contribution in [3.05, 3.63) is 35.9 Å². The highest BCUT2D eigenvalue weighted by Crippen LogP contribution is 2.12. The number of aliphatic hydroxyl groups excluding tert-OH is 1. The number of hydrogen-bond acceptors (Lipinski definition) is 4. The number of amides is 1. The molecule has 0 aliphatic carbocycles. The van der Waals surface area contributed by atoms with E-state index in [0.717, 1.165) is 0 Å². The van der Waals surface area contributed by atoms with Crippen LogP contribution in [0.3, 0.4) is 0 Å². The Balaban J connectivity index is 2.75. The Bertz CT molecular complexity index is 592. The number of carbonyl (C=O) groups is 1. The third kappa shape index (κ3) is 6.07. The number of rotatable bonds is 7. The topological polar surface area (TPSA) is 95.5 Å². The van der Waals surface area contributed by atoms with Gasteiger partial charge in [0, 0.05) is 18.7 Å². The molecule has 0 heterocycles. The van der Waals surface area contributed by atoms with Crippen LogP contribution >= 0.6 is 0 Å². The zero-order chi connectivity index (χ0) is 15.9. The molecule has 0 radical (unpaired) electrons. The molecule has 0 aromatic heterocycles. The predicted molar refractivity (Wildman–Crippen MR) is 81.0 cm³/mol. The van der Waals surface area contributed by atoms with Gasteiger partial charge < -0.3 is 10.4 Å². The van der Waals surface area contributed by atoms with E-state index in [4.69, 9.17) is 5.11 Å². The van der Waals surface area contributed by atoms with E-state index in [1.54, 1.807) is 32.1 Å². The maximum atomic E-state index is 11.9. The van der Waals surface area contributed by atoms with Gasteiger partial charge in [0.2, 0.25) is 15.9 Å². The Labute approximate surface area is 124 Å². The van der Waals surface area contributed by atoms with Crippen molar-refractivity contribution in [3.63, 3.8) is 0 Å². The van der Waals surface area contributed by atoms with Crippen LogP contribution in [0.1, 0.15) is 19.4 Å². The summed E-state index contributed by atoms with van der Waals surface area (Å²) in [6.45, 7) is 3.58. The van der Waals surface area contributed by atoms with Crippen LogP contribution in [0.25, 0.3) is 6.08 Å². The third-order valence-corrected chi connectivity index (χ3v) is 4.09.